The summed E-state index contributed by atoms with van der Waals surface area (Å²) in [6, 6.07) is 19.5. The lowest BCUT2D eigenvalue weighted by molar-refractivity contribution is -0.108. The monoisotopic (exact) mass is 525 g/mol. The van der Waals surface area contributed by atoms with Crippen molar-refractivity contribution in [1.29, 1.82) is 0 Å². The van der Waals surface area contributed by atoms with E-state index < -0.39 is 6.04 Å². The molecule has 8 nitrogen and oxygen atoms in total. The van der Waals surface area contributed by atoms with Gasteiger partial charge >= 0.3 is 0 Å². The number of carbonyl (C=O) groups is 1. The Morgan fingerprint density at radius 3 is 2.62 bits per heavy atom. The normalized spacial score (nSPS) is 14.5. The molecule has 9 heteroatoms. The van der Waals surface area contributed by atoms with Crippen molar-refractivity contribution >= 4 is 29.0 Å². The van der Waals surface area contributed by atoms with Crippen LogP contribution < -0.4 is 9.80 Å². The molecule has 0 saturated carbocycles. The minimum Gasteiger partial charge on any atom is -0.440 e. The third-order valence-corrected chi connectivity index (χ3v) is 7.16. The zero-order chi connectivity index (χ0) is 26.8. The number of hydrogen-bond donors (Lipinski definition) is 0. The van der Waals surface area contributed by atoms with E-state index in [1.54, 1.807) is 18.3 Å². The summed E-state index contributed by atoms with van der Waals surface area (Å²) in [6.07, 6.45) is 4.68. The summed E-state index contributed by atoms with van der Waals surface area (Å²) >= 11 is 0. The second-order valence-corrected chi connectivity index (χ2v) is 9.53. The molecular formula is C30H28FN5O3. The van der Waals surface area contributed by atoms with Crippen molar-refractivity contribution < 1.29 is 18.3 Å². The second kappa shape index (κ2) is 10.7. The number of rotatable bonds is 8. The van der Waals surface area contributed by atoms with Crippen LogP contribution in [0.15, 0.2) is 83.5 Å². The Morgan fingerprint density at radius 2 is 1.87 bits per heavy atom. The maximum absolute atomic E-state index is 13.8. The highest BCUT2D eigenvalue weighted by Gasteiger charge is 2.29. The summed E-state index contributed by atoms with van der Waals surface area (Å²) in [5, 5.41) is 0.578. The first-order valence-electron chi connectivity index (χ1n) is 12.9. The molecular weight excluding hydrogens is 497 g/mol. The molecule has 0 radical (unpaired) electrons. The van der Waals surface area contributed by atoms with Crippen molar-refractivity contribution in [2.45, 2.75) is 12.5 Å². The number of ether oxygens (including phenoxy) is 1. The van der Waals surface area contributed by atoms with Gasteiger partial charge in [-0.15, -0.1) is 0 Å². The summed E-state index contributed by atoms with van der Waals surface area (Å²) in [6.45, 7) is 3.22. The lowest BCUT2D eigenvalue weighted by atomic mass is 10.1. The van der Waals surface area contributed by atoms with E-state index in [9.17, 15) is 9.18 Å². The SMILES string of the molecule is Cn1c(-c2ccc(N3CCOCC3)cc2)cnc1[C@H](Cc1ccccn1)N(C=O)c1cc2cc(F)ccc2o1. The van der Waals surface area contributed by atoms with Crippen molar-refractivity contribution in [1.82, 2.24) is 14.5 Å². The van der Waals surface area contributed by atoms with Gasteiger partial charge in [-0.1, -0.05) is 18.2 Å². The molecule has 1 aliphatic heterocycles. The van der Waals surface area contributed by atoms with Crippen LogP contribution >= 0.6 is 0 Å². The van der Waals surface area contributed by atoms with Crippen molar-refractivity contribution in [3.05, 3.63) is 96.5 Å². The Labute approximate surface area is 225 Å². The van der Waals surface area contributed by atoms with E-state index in [0.717, 1.165) is 55.4 Å². The van der Waals surface area contributed by atoms with Gasteiger partial charge in [0.25, 0.3) is 0 Å². The maximum Gasteiger partial charge on any atom is 0.217 e. The summed E-state index contributed by atoms with van der Waals surface area (Å²) in [5.41, 5.74) is 4.39. The number of fused-ring (bicyclic) bond motifs is 1. The molecule has 0 spiro atoms. The van der Waals surface area contributed by atoms with Crippen LogP contribution in [0, 0.1) is 5.82 Å². The predicted molar refractivity (Wildman–Crippen MR) is 147 cm³/mol. The fourth-order valence-corrected chi connectivity index (χ4v) is 5.10. The first-order chi connectivity index (χ1) is 19.1. The molecule has 1 amide bonds. The third-order valence-electron chi connectivity index (χ3n) is 7.16. The van der Waals surface area contributed by atoms with Crippen LogP contribution in [-0.2, 0) is 23.0 Å². The topological polar surface area (TPSA) is 76.6 Å². The van der Waals surface area contributed by atoms with Crippen LogP contribution in [0.25, 0.3) is 22.2 Å². The number of furan rings is 1. The number of morpholine rings is 1. The average molecular weight is 526 g/mol. The van der Waals surface area contributed by atoms with Gasteiger partial charge in [-0.3, -0.25) is 14.7 Å². The number of halogens is 1. The van der Waals surface area contributed by atoms with E-state index in [0.29, 0.717) is 29.1 Å². The molecule has 2 aromatic carbocycles. The average Bonchev–Trinajstić information content (AvgIpc) is 3.57. The van der Waals surface area contributed by atoms with Gasteiger partial charge in [0.05, 0.1) is 25.1 Å². The number of anilines is 2. The molecule has 0 unspecified atom stereocenters. The zero-order valence-corrected chi connectivity index (χ0v) is 21.5. The van der Waals surface area contributed by atoms with Crippen LogP contribution in [0.5, 0.6) is 0 Å². The molecule has 0 aliphatic carbocycles. The number of pyridine rings is 1. The minimum atomic E-state index is -0.519. The predicted octanol–water partition coefficient (Wildman–Crippen LogP) is 5.15. The van der Waals surface area contributed by atoms with Gasteiger partial charge < -0.3 is 18.6 Å². The standard InChI is InChI=1S/C30H28FN5O3/c1-34-27(21-5-8-25(9-6-21)35-12-14-38-15-13-35)19-33-30(34)26(18-24-4-2-3-11-32-24)36(20-37)29-17-22-16-23(31)7-10-28(22)39-29/h2-11,16-17,19-20,26H,12-15,18H2,1H3/t26-/m0/s1. The van der Waals surface area contributed by atoms with Crippen molar-refractivity contribution in [3.63, 3.8) is 0 Å². The first kappa shape index (κ1) is 24.8. The molecule has 3 aromatic heterocycles. The van der Waals surface area contributed by atoms with Gasteiger partial charge in [0.1, 0.15) is 23.3 Å². The number of hydrogen-bond acceptors (Lipinski definition) is 6. The quantitative estimate of drug-likeness (QED) is 0.261. The van der Waals surface area contributed by atoms with Crippen LogP contribution in [0.4, 0.5) is 16.0 Å². The van der Waals surface area contributed by atoms with Gasteiger partial charge in [0.2, 0.25) is 12.3 Å². The number of imidazole rings is 1. The van der Waals surface area contributed by atoms with E-state index >= 15 is 0 Å². The Balaban J connectivity index is 1.36. The van der Waals surface area contributed by atoms with Crippen LogP contribution in [0.1, 0.15) is 17.6 Å². The van der Waals surface area contributed by atoms with Gasteiger partial charge in [-0.05, 0) is 48.0 Å². The van der Waals surface area contributed by atoms with E-state index in [1.165, 1.54) is 17.0 Å². The molecule has 6 rings (SSSR count). The number of aromatic nitrogens is 3. The Kier molecular flexibility index (Phi) is 6.81. The summed E-state index contributed by atoms with van der Waals surface area (Å²) in [4.78, 5) is 25.6. The van der Waals surface area contributed by atoms with Crippen molar-refractivity contribution in [2.75, 3.05) is 36.1 Å². The smallest absolute Gasteiger partial charge is 0.217 e. The summed E-state index contributed by atoms with van der Waals surface area (Å²) in [5.74, 6) is 0.614. The molecule has 5 aromatic rings. The molecule has 198 valence electrons. The van der Waals surface area contributed by atoms with Crippen LogP contribution in [-0.4, -0.2) is 47.2 Å². The third kappa shape index (κ3) is 5.00. The number of nitrogens with zero attached hydrogens (tertiary/aromatic N) is 5. The minimum absolute atomic E-state index is 0.311. The summed E-state index contributed by atoms with van der Waals surface area (Å²) < 4.78 is 27.3. The maximum atomic E-state index is 13.8. The highest BCUT2D eigenvalue weighted by Crippen LogP contribution is 2.34. The second-order valence-electron chi connectivity index (χ2n) is 9.53. The lowest BCUT2D eigenvalue weighted by Crippen LogP contribution is -2.36. The van der Waals surface area contributed by atoms with Crippen LogP contribution in [0.2, 0.25) is 0 Å². The van der Waals surface area contributed by atoms with E-state index in [2.05, 4.69) is 34.1 Å². The largest absolute Gasteiger partial charge is 0.440 e. The van der Waals surface area contributed by atoms with Crippen LogP contribution in [0.3, 0.4) is 0 Å². The fourth-order valence-electron chi connectivity index (χ4n) is 5.10. The zero-order valence-electron chi connectivity index (χ0n) is 21.5. The van der Waals surface area contributed by atoms with Gasteiger partial charge in [0, 0.05) is 55.6 Å². The van der Waals surface area contributed by atoms with Gasteiger partial charge in [-0.2, -0.15) is 0 Å². The van der Waals surface area contributed by atoms with Gasteiger partial charge in [0.15, 0.2) is 0 Å². The van der Waals surface area contributed by atoms with E-state index in [1.807, 2.05) is 36.0 Å². The Hall–Kier alpha value is -4.50. The number of carbonyl (C=O) groups excluding carboxylic acids is 1. The molecule has 1 fully saturated rings. The van der Waals surface area contributed by atoms with Gasteiger partial charge in [-0.25, -0.2) is 9.37 Å². The Bertz CT molecular complexity index is 1580. The van der Waals surface area contributed by atoms with Crippen molar-refractivity contribution in [3.8, 4) is 11.3 Å². The fraction of sp³-hybridized carbons (Fsp3) is 0.233. The molecule has 4 heterocycles. The molecule has 0 N–H and O–H groups in total. The van der Waals surface area contributed by atoms with E-state index in [4.69, 9.17) is 14.1 Å². The number of amides is 1. The van der Waals surface area contributed by atoms with E-state index in [-0.39, 0.29) is 5.82 Å². The highest BCUT2D eigenvalue weighted by molar-refractivity contribution is 5.85. The molecule has 0 bridgehead atoms. The Morgan fingerprint density at radius 1 is 1.05 bits per heavy atom. The molecule has 1 atom stereocenters. The lowest BCUT2D eigenvalue weighted by Gasteiger charge is -2.29. The molecule has 1 aliphatic rings. The number of benzene rings is 2. The first-order valence-corrected chi connectivity index (χ1v) is 12.9. The summed E-state index contributed by atoms with van der Waals surface area (Å²) in [7, 11) is 1.94. The molecule has 39 heavy (non-hydrogen) atoms. The van der Waals surface area contributed by atoms with Crippen molar-refractivity contribution in [2.24, 2.45) is 7.05 Å². The molecule has 1 saturated heterocycles. The highest BCUT2D eigenvalue weighted by atomic mass is 19.1.